The van der Waals surface area contributed by atoms with Crippen LogP contribution >= 0.6 is 11.6 Å². The monoisotopic (exact) mass is 544 g/mol. The molecule has 0 saturated carbocycles. The molecule has 3 aromatic rings. The molecule has 3 aromatic carbocycles. The highest BCUT2D eigenvalue weighted by Crippen LogP contribution is 2.38. The molecule has 5 rings (SSSR count). The Hall–Kier alpha value is -2.56. The number of aliphatic hydroxyl groups excluding tert-OH is 4. The molecular weight excluding hydrogens is 515 g/mol. The first-order valence-electron chi connectivity index (χ1n) is 12.4. The van der Waals surface area contributed by atoms with Gasteiger partial charge in [0.2, 0.25) is 0 Å². The van der Waals surface area contributed by atoms with Crippen molar-refractivity contribution in [1.29, 1.82) is 0 Å². The van der Waals surface area contributed by atoms with Crippen LogP contribution in [0.3, 0.4) is 0 Å². The second-order valence-electron chi connectivity index (χ2n) is 10.00. The van der Waals surface area contributed by atoms with Gasteiger partial charge in [0.15, 0.2) is 0 Å². The van der Waals surface area contributed by atoms with Gasteiger partial charge in [-0.15, -0.1) is 0 Å². The quantitative estimate of drug-likeness (QED) is 0.361. The summed E-state index contributed by atoms with van der Waals surface area (Å²) in [7, 11) is 0. The van der Waals surface area contributed by atoms with Crippen molar-refractivity contribution in [2.45, 2.75) is 56.1 Å². The van der Waals surface area contributed by atoms with Crippen LogP contribution in [0.15, 0.2) is 60.7 Å². The number of rotatable bonds is 7. The fraction of sp³-hybridized carbons (Fsp3) is 0.379. The van der Waals surface area contributed by atoms with Gasteiger partial charge < -0.3 is 34.6 Å². The lowest BCUT2D eigenvalue weighted by Crippen LogP contribution is -2.55. The molecule has 9 heteroatoms. The van der Waals surface area contributed by atoms with Crippen molar-refractivity contribution in [2.75, 3.05) is 13.2 Å². The van der Waals surface area contributed by atoms with Crippen molar-refractivity contribution in [1.82, 2.24) is 0 Å². The van der Waals surface area contributed by atoms with Gasteiger partial charge in [0.05, 0.1) is 13.2 Å². The summed E-state index contributed by atoms with van der Waals surface area (Å²) in [6.07, 6.45) is -5.69. The minimum absolute atomic E-state index is 0.212. The first kappa shape index (κ1) is 27.0. The predicted octanol–water partition coefficient (Wildman–Crippen LogP) is 3.41. The van der Waals surface area contributed by atoms with Crippen LogP contribution in [0.2, 0.25) is 5.02 Å². The highest BCUT2D eigenvalue weighted by atomic mass is 35.5. The summed E-state index contributed by atoms with van der Waals surface area (Å²) in [6.45, 7) is 1.83. The molecule has 7 nitrogen and oxygen atoms in total. The highest BCUT2D eigenvalue weighted by molar-refractivity contribution is 6.31. The number of fused-ring (bicyclic) bond motifs is 1. The molecule has 202 valence electrons. The Balaban J connectivity index is 1.26. The van der Waals surface area contributed by atoms with E-state index in [-0.39, 0.29) is 19.0 Å². The molecule has 1 fully saturated rings. The lowest BCUT2D eigenvalue weighted by molar-refractivity contribution is -0.231. The molecule has 4 N–H and O–H groups in total. The maximum atomic E-state index is 14.1. The normalized spacial score (nSPS) is 28.8. The van der Waals surface area contributed by atoms with E-state index in [1.165, 1.54) is 6.07 Å². The summed E-state index contributed by atoms with van der Waals surface area (Å²) >= 11 is 6.45. The van der Waals surface area contributed by atoms with Crippen LogP contribution in [0.5, 0.6) is 5.75 Å². The van der Waals surface area contributed by atoms with Gasteiger partial charge in [0, 0.05) is 10.6 Å². The van der Waals surface area contributed by atoms with E-state index in [4.69, 9.17) is 25.8 Å². The van der Waals surface area contributed by atoms with E-state index < -0.39 is 42.7 Å². The first-order valence-corrected chi connectivity index (χ1v) is 12.8. The van der Waals surface area contributed by atoms with Gasteiger partial charge >= 0.3 is 0 Å². The fourth-order valence-electron chi connectivity index (χ4n) is 5.06. The number of hydrogen-bond donors (Lipinski definition) is 4. The van der Waals surface area contributed by atoms with Crippen molar-refractivity contribution in [3.8, 4) is 5.75 Å². The molecule has 0 aliphatic carbocycles. The Morgan fingerprint density at radius 3 is 2.53 bits per heavy atom. The molecular formula is C29H30ClFO7. The Morgan fingerprint density at radius 2 is 1.79 bits per heavy atom. The molecule has 2 aliphatic heterocycles. The number of aliphatic hydroxyl groups is 4. The fourth-order valence-corrected chi connectivity index (χ4v) is 5.24. The third-order valence-corrected chi connectivity index (χ3v) is 7.72. The number of benzene rings is 3. The molecule has 1 unspecified atom stereocenters. The van der Waals surface area contributed by atoms with Crippen LogP contribution in [0.1, 0.15) is 40.8 Å². The number of halogens is 2. The van der Waals surface area contributed by atoms with Gasteiger partial charge in [0.25, 0.3) is 0 Å². The molecule has 0 amide bonds. The Labute approximate surface area is 225 Å². The van der Waals surface area contributed by atoms with Crippen LogP contribution in [0.25, 0.3) is 0 Å². The van der Waals surface area contributed by atoms with Gasteiger partial charge in [-0.1, -0.05) is 48.0 Å². The average Bonchev–Trinajstić information content (AvgIpc) is 3.26. The summed E-state index contributed by atoms with van der Waals surface area (Å²) in [6, 6.07) is 17.6. The van der Waals surface area contributed by atoms with Gasteiger partial charge in [-0.25, -0.2) is 4.39 Å². The van der Waals surface area contributed by atoms with Crippen molar-refractivity contribution in [3.05, 3.63) is 99.3 Å². The smallest absolute Gasteiger partial charge is 0.129 e. The zero-order valence-electron chi connectivity index (χ0n) is 20.8. The van der Waals surface area contributed by atoms with E-state index in [1.807, 2.05) is 37.3 Å². The summed E-state index contributed by atoms with van der Waals surface area (Å²) in [4.78, 5) is 0. The summed E-state index contributed by atoms with van der Waals surface area (Å²) in [5.41, 5.74) is 2.93. The lowest BCUT2D eigenvalue weighted by atomic mass is 9.90. The SMILES string of the molecule is CC1(COc2ccc(Cc3cc([C@@H]4O[C@H](CO)[C@@H](O)[C@H](O)[C@H]4O)ccc3Cl)cc2)OCc2c(F)cccc21. The Bertz CT molecular complexity index is 1280. The van der Waals surface area contributed by atoms with E-state index in [0.717, 1.165) is 16.7 Å². The Kier molecular flexibility index (Phi) is 7.75. The minimum Gasteiger partial charge on any atom is -0.490 e. The molecule has 0 spiro atoms. The van der Waals surface area contributed by atoms with E-state index in [2.05, 4.69) is 0 Å². The average molecular weight is 545 g/mol. The molecule has 0 radical (unpaired) electrons. The van der Waals surface area contributed by atoms with Crippen LogP contribution in [-0.4, -0.2) is 58.1 Å². The van der Waals surface area contributed by atoms with Crippen molar-refractivity contribution in [3.63, 3.8) is 0 Å². The van der Waals surface area contributed by atoms with Crippen LogP contribution in [-0.2, 0) is 28.1 Å². The maximum absolute atomic E-state index is 14.1. The molecule has 2 heterocycles. The van der Waals surface area contributed by atoms with Crippen LogP contribution < -0.4 is 4.74 Å². The van der Waals surface area contributed by atoms with Gasteiger partial charge in [-0.3, -0.25) is 0 Å². The minimum atomic E-state index is -1.46. The number of ether oxygens (including phenoxy) is 3. The third-order valence-electron chi connectivity index (χ3n) is 7.35. The highest BCUT2D eigenvalue weighted by Gasteiger charge is 2.44. The van der Waals surface area contributed by atoms with Crippen molar-refractivity contribution >= 4 is 11.6 Å². The first-order chi connectivity index (χ1) is 18.2. The van der Waals surface area contributed by atoms with E-state index in [0.29, 0.717) is 28.3 Å². The summed E-state index contributed by atoms with van der Waals surface area (Å²) in [5, 5.41) is 40.7. The second kappa shape index (κ2) is 10.9. The molecule has 0 aromatic heterocycles. The largest absolute Gasteiger partial charge is 0.490 e. The van der Waals surface area contributed by atoms with Crippen LogP contribution in [0, 0.1) is 5.82 Å². The van der Waals surface area contributed by atoms with E-state index in [9.17, 15) is 24.8 Å². The van der Waals surface area contributed by atoms with Crippen LogP contribution in [0.4, 0.5) is 4.39 Å². The standard InChI is InChI=1S/C29H30ClFO7/c1-29(21-3-2-4-23(31)20(21)14-37-29)15-36-19-8-5-16(6-9-19)11-18-12-17(7-10-22(18)30)28-27(35)26(34)25(33)24(13-32)38-28/h2-10,12,24-28,32-35H,11,13-15H2,1H3/t24-,25-,26+,27-,28+,29?/m1/s1. The zero-order chi connectivity index (χ0) is 27.0. The predicted molar refractivity (Wildman–Crippen MR) is 137 cm³/mol. The van der Waals surface area contributed by atoms with E-state index in [1.54, 1.807) is 24.3 Å². The summed E-state index contributed by atoms with van der Waals surface area (Å²) < 4.78 is 31.6. The molecule has 1 saturated heterocycles. The summed E-state index contributed by atoms with van der Waals surface area (Å²) in [5.74, 6) is 0.370. The van der Waals surface area contributed by atoms with Gasteiger partial charge in [0.1, 0.15) is 54.3 Å². The van der Waals surface area contributed by atoms with Crippen molar-refractivity contribution in [2.24, 2.45) is 0 Å². The lowest BCUT2D eigenvalue weighted by Gasteiger charge is -2.40. The van der Waals surface area contributed by atoms with Gasteiger partial charge in [-0.2, -0.15) is 0 Å². The molecule has 6 atom stereocenters. The van der Waals surface area contributed by atoms with E-state index >= 15 is 0 Å². The Morgan fingerprint density at radius 1 is 1.03 bits per heavy atom. The molecule has 0 bridgehead atoms. The van der Waals surface area contributed by atoms with Gasteiger partial charge in [-0.05, 0) is 59.9 Å². The molecule has 2 aliphatic rings. The number of hydrogen-bond acceptors (Lipinski definition) is 7. The topological polar surface area (TPSA) is 109 Å². The zero-order valence-corrected chi connectivity index (χ0v) is 21.5. The second-order valence-corrected chi connectivity index (χ2v) is 10.4. The maximum Gasteiger partial charge on any atom is 0.129 e. The van der Waals surface area contributed by atoms with Crippen molar-refractivity contribution < 1.29 is 39.0 Å². The molecule has 38 heavy (non-hydrogen) atoms. The third kappa shape index (κ3) is 5.18.